The fraction of sp³-hybridized carbons (Fsp3) is 0. The molecule has 0 atom stereocenters. The molecule has 2 rings (SSSR count). The third-order valence-corrected chi connectivity index (χ3v) is 3.10. The fourth-order valence-corrected chi connectivity index (χ4v) is 2.12. The highest BCUT2D eigenvalue weighted by Crippen LogP contribution is 2.15. The van der Waals surface area contributed by atoms with Crippen molar-refractivity contribution in [3.05, 3.63) is 27.7 Å². The van der Waals surface area contributed by atoms with Crippen LogP contribution in [0.25, 0.3) is 0 Å². The highest BCUT2D eigenvalue weighted by atomic mass is 32.1. The summed E-state index contributed by atoms with van der Waals surface area (Å²) in [5, 5.41) is 14.8. The molecule has 2 heterocycles. The number of carboxylic acid groups (broad SMARTS) is 1. The van der Waals surface area contributed by atoms with Crippen molar-refractivity contribution < 1.29 is 14.7 Å². The average molecular weight is 255 g/mol. The Hall–Kier alpha value is -1.80. The fourth-order valence-electron chi connectivity index (χ4n) is 0.912. The van der Waals surface area contributed by atoms with E-state index < -0.39 is 11.9 Å². The van der Waals surface area contributed by atoms with Crippen LogP contribution < -0.4 is 5.32 Å². The highest BCUT2D eigenvalue weighted by molar-refractivity contribution is 7.14. The maximum atomic E-state index is 11.6. The van der Waals surface area contributed by atoms with Crippen LogP contribution in [0.3, 0.4) is 0 Å². The van der Waals surface area contributed by atoms with Gasteiger partial charge < -0.3 is 5.11 Å². The predicted octanol–water partition coefficient (Wildman–Crippen LogP) is 1.55. The zero-order chi connectivity index (χ0) is 11.5. The lowest BCUT2D eigenvalue weighted by Gasteiger charge is -1.95. The van der Waals surface area contributed by atoms with E-state index in [1.807, 2.05) is 0 Å². The molecule has 0 aliphatic heterocycles. The second kappa shape index (κ2) is 4.37. The smallest absolute Gasteiger partial charge is 0.355 e. The van der Waals surface area contributed by atoms with Crippen LogP contribution in [0.4, 0.5) is 5.13 Å². The van der Waals surface area contributed by atoms with Crippen LogP contribution in [-0.4, -0.2) is 27.0 Å². The van der Waals surface area contributed by atoms with Crippen molar-refractivity contribution in [2.24, 2.45) is 0 Å². The monoisotopic (exact) mass is 255 g/mol. The number of thiazole rings is 2. The Labute approximate surface area is 97.6 Å². The van der Waals surface area contributed by atoms with Gasteiger partial charge >= 0.3 is 5.97 Å². The molecule has 0 saturated carbocycles. The maximum Gasteiger partial charge on any atom is 0.355 e. The minimum atomic E-state index is -1.15. The lowest BCUT2D eigenvalue weighted by Crippen LogP contribution is -2.11. The van der Waals surface area contributed by atoms with E-state index in [1.54, 1.807) is 11.6 Å². The number of nitrogens with zero attached hydrogens (tertiary/aromatic N) is 2. The second-order valence-electron chi connectivity index (χ2n) is 2.63. The highest BCUT2D eigenvalue weighted by Gasteiger charge is 2.15. The summed E-state index contributed by atoms with van der Waals surface area (Å²) in [6.07, 6.45) is 1.56. The summed E-state index contributed by atoms with van der Waals surface area (Å²) >= 11 is 2.26. The molecule has 82 valence electrons. The summed E-state index contributed by atoms with van der Waals surface area (Å²) in [6.45, 7) is 0. The lowest BCUT2D eigenvalue weighted by molar-refractivity contribution is 0.0691. The molecular weight excluding hydrogens is 250 g/mol. The summed E-state index contributed by atoms with van der Waals surface area (Å²) in [4.78, 5) is 29.7. The second-order valence-corrected chi connectivity index (χ2v) is 4.39. The third kappa shape index (κ3) is 2.23. The lowest BCUT2D eigenvalue weighted by atomic mass is 10.5. The number of hydrogen-bond acceptors (Lipinski definition) is 6. The molecule has 0 spiro atoms. The largest absolute Gasteiger partial charge is 0.476 e. The first-order chi connectivity index (χ1) is 7.66. The van der Waals surface area contributed by atoms with E-state index in [2.05, 4.69) is 15.3 Å². The zero-order valence-electron chi connectivity index (χ0n) is 7.71. The average Bonchev–Trinajstić information content (AvgIpc) is 2.86. The Morgan fingerprint density at radius 1 is 1.38 bits per heavy atom. The van der Waals surface area contributed by atoms with Gasteiger partial charge in [0, 0.05) is 17.0 Å². The summed E-state index contributed by atoms with van der Waals surface area (Å²) in [7, 11) is 0. The minimum Gasteiger partial charge on any atom is -0.476 e. The van der Waals surface area contributed by atoms with E-state index >= 15 is 0 Å². The minimum absolute atomic E-state index is 0.104. The first-order valence-electron chi connectivity index (χ1n) is 4.06. The SMILES string of the molecule is O=C(O)c1csc(C(=O)Nc2nccs2)n1. The first kappa shape index (κ1) is 10.7. The summed E-state index contributed by atoms with van der Waals surface area (Å²) < 4.78 is 0. The van der Waals surface area contributed by atoms with Crippen molar-refractivity contribution >= 4 is 39.7 Å². The summed E-state index contributed by atoms with van der Waals surface area (Å²) in [5.74, 6) is -1.60. The number of carboxylic acids is 1. The van der Waals surface area contributed by atoms with Crippen molar-refractivity contribution in [3.8, 4) is 0 Å². The summed E-state index contributed by atoms with van der Waals surface area (Å²) in [5.41, 5.74) is -0.130. The van der Waals surface area contributed by atoms with Gasteiger partial charge in [-0.05, 0) is 0 Å². The molecule has 0 aliphatic rings. The number of carbonyl (C=O) groups is 2. The van der Waals surface area contributed by atoms with Gasteiger partial charge in [0.05, 0.1) is 0 Å². The van der Waals surface area contributed by atoms with Gasteiger partial charge in [-0.1, -0.05) is 0 Å². The van der Waals surface area contributed by atoms with Crippen LogP contribution in [0.5, 0.6) is 0 Å². The normalized spacial score (nSPS) is 10.0. The Bertz CT molecular complexity index is 520. The number of hydrogen-bond donors (Lipinski definition) is 2. The van der Waals surface area contributed by atoms with E-state index in [0.717, 1.165) is 11.3 Å². The standard InChI is InChI=1S/C8H5N3O3S2/c12-5(11-8-9-1-2-15-8)6-10-4(3-16-6)7(13)14/h1-3H,(H,13,14)(H,9,11,12). The summed E-state index contributed by atoms with van der Waals surface area (Å²) in [6, 6.07) is 0. The van der Waals surface area contributed by atoms with E-state index in [0.29, 0.717) is 5.13 Å². The molecule has 1 amide bonds. The number of nitrogens with one attached hydrogen (secondary N) is 1. The van der Waals surface area contributed by atoms with Crippen molar-refractivity contribution in [3.63, 3.8) is 0 Å². The molecule has 0 unspecified atom stereocenters. The Morgan fingerprint density at radius 2 is 2.19 bits per heavy atom. The molecule has 0 radical (unpaired) electrons. The number of aromatic nitrogens is 2. The van der Waals surface area contributed by atoms with Crippen LogP contribution in [0.1, 0.15) is 20.3 Å². The van der Waals surface area contributed by atoms with Crippen LogP contribution in [0, 0.1) is 0 Å². The zero-order valence-corrected chi connectivity index (χ0v) is 9.34. The molecule has 0 aliphatic carbocycles. The van der Waals surface area contributed by atoms with Crippen molar-refractivity contribution in [1.29, 1.82) is 0 Å². The molecule has 2 aromatic rings. The molecule has 6 nitrogen and oxygen atoms in total. The molecule has 0 bridgehead atoms. The molecule has 2 N–H and O–H groups in total. The maximum absolute atomic E-state index is 11.6. The van der Waals surface area contributed by atoms with E-state index in [4.69, 9.17) is 5.11 Å². The van der Waals surface area contributed by atoms with Gasteiger partial charge in [-0.25, -0.2) is 14.8 Å². The molecule has 0 saturated heterocycles. The van der Waals surface area contributed by atoms with Crippen LogP contribution >= 0.6 is 22.7 Å². The first-order valence-corrected chi connectivity index (χ1v) is 5.82. The van der Waals surface area contributed by atoms with Gasteiger partial charge in [-0.2, -0.15) is 0 Å². The van der Waals surface area contributed by atoms with Crippen LogP contribution in [-0.2, 0) is 0 Å². The van der Waals surface area contributed by atoms with Crippen LogP contribution in [0.15, 0.2) is 17.0 Å². The van der Waals surface area contributed by atoms with Crippen molar-refractivity contribution in [1.82, 2.24) is 9.97 Å². The van der Waals surface area contributed by atoms with E-state index in [1.165, 1.54) is 16.7 Å². The molecule has 0 aromatic carbocycles. The Morgan fingerprint density at radius 3 is 2.75 bits per heavy atom. The molecule has 16 heavy (non-hydrogen) atoms. The topological polar surface area (TPSA) is 92.2 Å². The van der Waals surface area contributed by atoms with Gasteiger partial charge in [0.15, 0.2) is 15.8 Å². The number of amides is 1. The number of anilines is 1. The van der Waals surface area contributed by atoms with Crippen molar-refractivity contribution in [2.45, 2.75) is 0 Å². The van der Waals surface area contributed by atoms with Gasteiger partial charge in [-0.3, -0.25) is 10.1 Å². The number of aromatic carboxylic acids is 1. The van der Waals surface area contributed by atoms with Gasteiger partial charge in [0.25, 0.3) is 5.91 Å². The van der Waals surface area contributed by atoms with Gasteiger partial charge in [0.2, 0.25) is 0 Å². The number of rotatable bonds is 3. The quantitative estimate of drug-likeness (QED) is 0.868. The molecule has 2 aromatic heterocycles. The van der Waals surface area contributed by atoms with Crippen LogP contribution in [0.2, 0.25) is 0 Å². The molecular formula is C8H5N3O3S2. The van der Waals surface area contributed by atoms with E-state index in [9.17, 15) is 9.59 Å². The van der Waals surface area contributed by atoms with Gasteiger partial charge in [0.1, 0.15) is 0 Å². The number of carbonyl (C=O) groups excluding carboxylic acids is 1. The Balaban J connectivity index is 2.12. The van der Waals surface area contributed by atoms with E-state index in [-0.39, 0.29) is 10.7 Å². The van der Waals surface area contributed by atoms with Crippen molar-refractivity contribution in [2.75, 3.05) is 5.32 Å². The molecule has 8 heteroatoms. The Kier molecular flexibility index (Phi) is 2.93. The third-order valence-electron chi connectivity index (χ3n) is 1.57. The molecule has 0 fully saturated rings. The predicted molar refractivity (Wildman–Crippen MR) is 59.1 cm³/mol. The van der Waals surface area contributed by atoms with Gasteiger partial charge in [-0.15, -0.1) is 22.7 Å².